The van der Waals surface area contributed by atoms with Crippen LogP contribution in [0.4, 0.5) is 0 Å². The van der Waals surface area contributed by atoms with Crippen LogP contribution in [0.5, 0.6) is 11.5 Å². The van der Waals surface area contributed by atoms with Gasteiger partial charge in [0.25, 0.3) is 0 Å². The number of rotatable bonds is 9. The maximum absolute atomic E-state index is 10.5. The van der Waals surface area contributed by atoms with Crippen molar-refractivity contribution in [1.82, 2.24) is 0 Å². The minimum Gasteiger partial charge on any atom is -0.493 e. The van der Waals surface area contributed by atoms with Gasteiger partial charge >= 0.3 is 5.97 Å². The minimum absolute atomic E-state index is 0.217. The third kappa shape index (κ3) is 5.09. The number of methoxy groups -OCH3 is 2. The number of benzene rings is 1. The van der Waals surface area contributed by atoms with E-state index in [1.54, 1.807) is 26.4 Å². The second-order valence-electron chi connectivity index (χ2n) is 4.39. The fourth-order valence-corrected chi connectivity index (χ4v) is 1.68. The van der Waals surface area contributed by atoms with Gasteiger partial charge in [-0.05, 0) is 29.7 Å². The van der Waals surface area contributed by atoms with Crippen LogP contribution in [-0.4, -0.2) is 43.1 Å². The lowest BCUT2D eigenvalue weighted by Gasteiger charge is -2.11. The zero-order valence-corrected chi connectivity index (χ0v) is 12.2. The Morgan fingerprint density at radius 3 is 2.52 bits per heavy atom. The van der Waals surface area contributed by atoms with E-state index < -0.39 is 12.1 Å². The summed E-state index contributed by atoms with van der Waals surface area (Å²) in [5, 5.41) is 17.9. The molecule has 0 saturated carbocycles. The first kappa shape index (κ1) is 17.0. The van der Waals surface area contributed by atoms with Gasteiger partial charge in [-0.2, -0.15) is 0 Å². The second kappa shape index (κ2) is 8.28. The Morgan fingerprint density at radius 1 is 1.29 bits per heavy atom. The summed E-state index contributed by atoms with van der Waals surface area (Å²) in [6.45, 7) is 4.14. The molecule has 0 heterocycles. The molecule has 0 radical (unpaired) electrons. The molecule has 1 unspecified atom stereocenters. The molecular formula is C15H20O6. The first-order valence-corrected chi connectivity index (χ1v) is 6.36. The van der Waals surface area contributed by atoms with Crippen LogP contribution in [0.25, 0.3) is 0 Å². The monoisotopic (exact) mass is 296 g/mol. The number of carbonyl (C=O) groups is 1. The highest BCUT2D eigenvalue weighted by Crippen LogP contribution is 2.27. The molecule has 0 fully saturated rings. The summed E-state index contributed by atoms with van der Waals surface area (Å²) in [5.41, 5.74) is 1.12. The summed E-state index contributed by atoms with van der Waals surface area (Å²) in [5.74, 6) is -0.0524. The molecule has 0 spiro atoms. The van der Waals surface area contributed by atoms with Crippen LogP contribution < -0.4 is 9.47 Å². The average molecular weight is 296 g/mol. The van der Waals surface area contributed by atoms with Crippen LogP contribution >= 0.6 is 0 Å². The number of aliphatic hydroxyl groups is 1. The second-order valence-corrected chi connectivity index (χ2v) is 4.39. The van der Waals surface area contributed by atoms with Crippen molar-refractivity contribution in [2.24, 2.45) is 0 Å². The fraction of sp³-hybridized carbons (Fsp3) is 0.400. The first-order chi connectivity index (χ1) is 9.99. The van der Waals surface area contributed by atoms with Crippen molar-refractivity contribution in [3.63, 3.8) is 0 Å². The Bertz CT molecular complexity index is 497. The van der Waals surface area contributed by atoms with E-state index in [4.69, 9.17) is 19.3 Å². The molecule has 116 valence electrons. The number of carboxylic acids is 1. The summed E-state index contributed by atoms with van der Waals surface area (Å²) in [6.07, 6.45) is -1.27. The molecule has 6 heteroatoms. The number of carboxylic acid groups (broad SMARTS) is 1. The molecule has 0 aromatic heterocycles. The van der Waals surface area contributed by atoms with Crippen molar-refractivity contribution in [2.75, 3.05) is 20.8 Å². The topological polar surface area (TPSA) is 85.2 Å². The Labute approximate surface area is 123 Å². The number of hydrogen-bond acceptors (Lipinski definition) is 5. The highest BCUT2D eigenvalue weighted by Gasteiger charge is 2.16. The van der Waals surface area contributed by atoms with Crippen LogP contribution in [0.1, 0.15) is 12.0 Å². The van der Waals surface area contributed by atoms with Gasteiger partial charge in [0.15, 0.2) is 17.6 Å². The van der Waals surface area contributed by atoms with Gasteiger partial charge in [-0.25, -0.2) is 4.79 Å². The smallest absolute Gasteiger partial charge is 0.336 e. The molecule has 0 amide bonds. The Morgan fingerprint density at radius 2 is 1.95 bits per heavy atom. The zero-order chi connectivity index (χ0) is 15.8. The molecule has 0 aliphatic rings. The maximum atomic E-state index is 10.5. The van der Waals surface area contributed by atoms with Gasteiger partial charge in [0, 0.05) is 0 Å². The molecule has 1 aromatic rings. The third-order valence-electron chi connectivity index (χ3n) is 2.90. The summed E-state index contributed by atoms with van der Waals surface area (Å²) in [7, 11) is 3.12. The van der Waals surface area contributed by atoms with Gasteiger partial charge in [0.2, 0.25) is 0 Å². The van der Waals surface area contributed by atoms with E-state index in [-0.39, 0.29) is 18.6 Å². The van der Waals surface area contributed by atoms with Crippen molar-refractivity contribution in [3.8, 4) is 11.5 Å². The van der Waals surface area contributed by atoms with Gasteiger partial charge < -0.3 is 24.4 Å². The quantitative estimate of drug-likeness (QED) is 0.532. The SMILES string of the molecule is C=C(CCOCc1ccc(OC)c(OC)c1)C(O)C(=O)O. The Kier molecular flexibility index (Phi) is 6.71. The van der Waals surface area contributed by atoms with E-state index in [9.17, 15) is 9.90 Å². The van der Waals surface area contributed by atoms with Crippen LogP contribution in [0.15, 0.2) is 30.4 Å². The van der Waals surface area contributed by atoms with E-state index in [2.05, 4.69) is 6.58 Å². The Balaban J connectivity index is 2.43. The molecule has 1 rings (SSSR count). The van der Waals surface area contributed by atoms with E-state index in [0.717, 1.165) is 5.56 Å². The van der Waals surface area contributed by atoms with Crippen molar-refractivity contribution in [2.45, 2.75) is 19.1 Å². The lowest BCUT2D eigenvalue weighted by molar-refractivity contribution is -0.144. The van der Waals surface area contributed by atoms with E-state index in [1.165, 1.54) is 0 Å². The highest BCUT2D eigenvalue weighted by molar-refractivity contribution is 5.75. The Hall–Kier alpha value is -2.05. The number of hydrogen-bond donors (Lipinski definition) is 2. The first-order valence-electron chi connectivity index (χ1n) is 6.36. The molecule has 0 bridgehead atoms. The molecule has 6 nitrogen and oxygen atoms in total. The van der Waals surface area contributed by atoms with E-state index >= 15 is 0 Å². The normalized spacial score (nSPS) is 11.8. The summed E-state index contributed by atoms with van der Waals surface area (Å²) in [4.78, 5) is 10.5. The lowest BCUT2D eigenvalue weighted by atomic mass is 10.1. The molecule has 0 aliphatic heterocycles. The molecule has 2 N–H and O–H groups in total. The molecule has 21 heavy (non-hydrogen) atoms. The van der Waals surface area contributed by atoms with Gasteiger partial charge in [0.1, 0.15) is 0 Å². The third-order valence-corrected chi connectivity index (χ3v) is 2.90. The van der Waals surface area contributed by atoms with Gasteiger partial charge in [-0.1, -0.05) is 12.6 Å². The van der Waals surface area contributed by atoms with E-state index in [0.29, 0.717) is 18.1 Å². The van der Waals surface area contributed by atoms with Crippen molar-refractivity contribution in [1.29, 1.82) is 0 Å². The highest BCUT2D eigenvalue weighted by atomic mass is 16.5. The fourth-order valence-electron chi connectivity index (χ4n) is 1.68. The summed E-state index contributed by atoms with van der Waals surface area (Å²) in [6, 6.07) is 5.44. The predicted molar refractivity (Wildman–Crippen MR) is 76.6 cm³/mol. The minimum atomic E-state index is -1.55. The summed E-state index contributed by atoms with van der Waals surface area (Å²) < 4.78 is 15.8. The lowest BCUT2D eigenvalue weighted by Crippen LogP contribution is -2.22. The number of aliphatic hydroxyl groups excluding tert-OH is 1. The maximum Gasteiger partial charge on any atom is 0.336 e. The molecule has 0 saturated heterocycles. The number of ether oxygens (including phenoxy) is 3. The molecular weight excluding hydrogens is 276 g/mol. The predicted octanol–water partition coefficient (Wildman–Crippen LogP) is 1.61. The van der Waals surface area contributed by atoms with Crippen LogP contribution in [0, 0.1) is 0 Å². The van der Waals surface area contributed by atoms with Crippen LogP contribution in [0.2, 0.25) is 0 Å². The van der Waals surface area contributed by atoms with Gasteiger partial charge in [0.05, 0.1) is 27.4 Å². The van der Waals surface area contributed by atoms with E-state index in [1.807, 2.05) is 6.07 Å². The standard InChI is InChI=1S/C15H20O6/c1-10(14(16)15(17)18)6-7-21-9-11-4-5-12(19-2)13(8-11)20-3/h4-5,8,14,16H,1,6-7,9H2,2-3H3,(H,17,18). The van der Waals surface area contributed by atoms with Gasteiger partial charge in [-0.3, -0.25) is 0 Å². The van der Waals surface area contributed by atoms with Crippen molar-refractivity contribution >= 4 is 5.97 Å². The number of aliphatic carboxylic acids is 1. The van der Waals surface area contributed by atoms with Crippen LogP contribution in [0.3, 0.4) is 0 Å². The molecule has 1 atom stereocenters. The van der Waals surface area contributed by atoms with Crippen molar-refractivity contribution in [3.05, 3.63) is 35.9 Å². The van der Waals surface area contributed by atoms with Gasteiger partial charge in [-0.15, -0.1) is 0 Å². The average Bonchev–Trinajstić information content (AvgIpc) is 2.49. The largest absolute Gasteiger partial charge is 0.493 e. The van der Waals surface area contributed by atoms with Crippen molar-refractivity contribution < 1.29 is 29.2 Å². The van der Waals surface area contributed by atoms with Crippen LogP contribution in [-0.2, 0) is 16.1 Å². The zero-order valence-electron chi connectivity index (χ0n) is 12.2. The molecule has 1 aromatic carbocycles. The summed E-state index contributed by atoms with van der Waals surface area (Å²) >= 11 is 0. The molecule has 0 aliphatic carbocycles.